The van der Waals surface area contributed by atoms with Gasteiger partial charge in [0, 0.05) is 11.3 Å². The van der Waals surface area contributed by atoms with Crippen molar-refractivity contribution in [3.8, 4) is 17.4 Å². The van der Waals surface area contributed by atoms with Crippen molar-refractivity contribution in [3.63, 3.8) is 0 Å². The standard InChI is InChI=1S/C18H15N3O3S/c1-10-15(17(22)23-2)16(21-18(25)20-10)14-8-7-13(24-14)12-5-3-11(9-19)4-6-12/h3-8,16H,1-2H3,(H2,20,21,25). The van der Waals surface area contributed by atoms with Crippen molar-refractivity contribution in [3.05, 3.63) is 59.0 Å². The molecule has 1 aliphatic heterocycles. The van der Waals surface area contributed by atoms with Gasteiger partial charge in [0.25, 0.3) is 0 Å². The second-order valence-electron chi connectivity index (χ2n) is 5.45. The topological polar surface area (TPSA) is 87.3 Å². The minimum absolute atomic E-state index is 0.409. The van der Waals surface area contributed by atoms with Crippen LogP contribution in [0, 0.1) is 11.3 Å². The molecule has 0 aliphatic carbocycles. The molecular formula is C18H15N3O3S. The number of thiocarbonyl (C=S) groups is 1. The fourth-order valence-corrected chi connectivity index (χ4v) is 2.93. The van der Waals surface area contributed by atoms with Crippen molar-refractivity contribution in [1.82, 2.24) is 10.6 Å². The molecule has 2 N–H and O–H groups in total. The van der Waals surface area contributed by atoms with Crippen LogP contribution < -0.4 is 10.6 Å². The summed E-state index contributed by atoms with van der Waals surface area (Å²) in [4.78, 5) is 12.1. The van der Waals surface area contributed by atoms with Crippen LogP contribution in [0.4, 0.5) is 0 Å². The maximum absolute atomic E-state index is 12.1. The molecular weight excluding hydrogens is 338 g/mol. The predicted molar refractivity (Wildman–Crippen MR) is 95.2 cm³/mol. The number of hydrogen-bond donors (Lipinski definition) is 2. The smallest absolute Gasteiger partial charge is 0.338 e. The van der Waals surface area contributed by atoms with Gasteiger partial charge in [-0.2, -0.15) is 5.26 Å². The summed E-state index contributed by atoms with van der Waals surface area (Å²) in [6, 6.07) is 12.2. The van der Waals surface area contributed by atoms with Gasteiger partial charge in [-0.25, -0.2) is 4.79 Å². The number of nitrogens with zero attached hydrogens (tertiary/aromatic N) is 1. The fourth-order valence-electron chi connectivity index (χ4n) is 2.66. The Kier molecular flexibility index (Phi) is 4.55. The molecule has 1 atom stereocenters. The van der Waals surface area contributed by atoms with E-state index >= 15 is 0 Å². The average molecular weight is 353 g/mol. The lowest BCUT2D eigenvalue weighted by molar-refractivity contribution is -0.136. The van der Waals surface area contributed by atoms with Gasteiger partial charge in [0.1, 0.15) is 17.6 Å². The SMILES string of the molecule is COC(=O)C1=C(C)NC(=S)NC1c1ccc(-c2ccc(C#N)cc2)o1. The molecule has 0 bridgehead atoms. The summed E-state index contributed by atoms with van der Waals surface area (Å²) >= 11 is 5.18. The molecule has 6 nitrogen and oxygen atoms in total. The summed E-state index contributed by atoms with van der Waals surface area (Å²) in [6.45, 7) is 1.76. The molecule has 7 heteroatoms. The van der Waals surface area contributed by atoms with Crippen LogP contribution in [0.15, 0.2) is 52.1 Å². The highest BCUT2D eigenvalue weighted by Gasteiger charge is 2.32. The molecule has 2 aromatic rings. The molecule has 0 fully saturated rings. The van der Waals surface area contributed by atoms with Crippen LogP contribution in [0.2, 0.25) is 0 Å². The van der Waals surface area contributed by atoms with E-state index in [1.807, 2.05) is 18.2 Å². The number of benzene rings is 1. The largest absolute Gasteiger partial charge is 0.466 e. The summed E-state index contributed by atoms with van der Waals surface area (Å²) in [5.41, 5.74) is 2.45. The van der Waals surface area contributed by atoms with Gasteiger partial charge >= 0.3 is 5.97 Å². The van der Waals surface area contributed by atoms with Crippen LogP contribution in [0.3, 0.4) is 0 Å². The van der Waals surface area contributed by atoms with E-state index in [1.54, 1.807) is 25.1 Å². The molecule has 0 amide bonds. The maximum Gasteiger partial charge on any atom is 0.338 e. The number of ether oxygens (including phenoxy) is 1. The van der Waals surface area contributed by atoms with E-state index < -0.39 is 12.0 Å². The van der Waals surface area contributed by atoms with Crippen molar-refractivity contribution in [2.45, 2.75) is 13.0 Å². The number of hydrogen-bond acceptors (Lipinski definition) is 5. The molecule has 2 heterocycles. The number of esters is 1. The molecule has 0 spiro atoms. The Balaban J connectivity index is 1.97. The predicted octanol–water partition coefficient (Wildman–Crippen LogP) is 2.78. The number of rotatable bonds is 3. The average Bonchev–Trinajstić information content (AvgIpc) is 3.10. The molecule has 126 valence electrons. The van der Waals surface area contributed by atoms with Crippen molar-refractivity contribution in [2.24, 2.45) is 0 Å². The van der Waals surface area contributed by atoms with Crippen LogP contribution >= 0.6 is 12.2 Å². The van der Waals surface area contributed by atoms with Crippen molar-refractivity contribution < 1.29 is 13.9 Å². The second kappa shape index (κ2) is 6.79. The number of methoxy groups -OCH3 is 1. The molecule has 0 saturated heterocycles. The van der Waals surface area contributed by atoms with Crippen LogP contribution in [0.1, 0.15) is 24.3 Å². The van der Waals surface area contributed by atoms with Gasteiger partial charge in [-0.05, 0) is 55.5 Å². The highest BCUT2D eigenvalue weighted by atomic mass is 32.1. The monoisotopic (exact) mass is 353 g/mol. The Labute approximate surface area is 150 Å². The molecule has 0 saturated carbocycles. The van der Waals surface area contributed by atoms with E-state index in [9.17, 15) is 4.79 Å². The van der Waals surface area contributed by atoms with E-state index in [4.69, 9.17) is 26.6 Å². The number of nitriles is 1. The van der Waals surface area contributed by atoms with Crippen molar-refractivity contribution >= 4 is 23.3 Å². The lowest BCUT2D eigenvalue weighted by atomic mass is 10.0. The van der Waals surface area contributed by atoms with Crippen LogP contribution in [0.25, 0.3) is 11.3 Å². The molecule has 25 heavy (non-hydrogen) atoms. The number of carbonyl (C=O) groups excluding carboxylic acids is 1. The Morgan fingerprint density at radius 1 is 1.28 bits per heavy atom. The third-order valence-electron chi connectivity index (χ3n) is 3.88. The molecule has 1 aliphatic rings. The molecule has 1 aromatic heterocycles. The summed E-state index contributed by atoms with van der Waals surface area (Å²) in [6.07, 6.45) is 0. The molecule has 1 unspecified atom stereocenters. The van der Waals surface area contributed by atoms with E-state index in [0.29, 0.717) is 33.5 Å². The number of furan rings is 1. The van der Waals surface area contributed by atoms with Crippen molar-refractivity contribution in [1.29, 1.82) is 5.26 Å². The van der Waals surface area contributed by atoms with Gasteiger partial charge in [-0.1, -0.05) is 0 Å². The summed E-state index contributed by atoms with van der Waals surface area (Å²) < 4.78 is 10.8. The molecule has 1 aromatic carbocycles. The minimum Gasteiger partial charge on any atom is -0.466 e. The van der Waals surface area contributed by atoms with Gasteiger partial charge < -0.3 is 19.8 Å². The van der Waals surface area contributed by atoms with E-state index in [0.717, 1.165) is 5.56 Å². The third kappa shape index (κ3) is 3.25. The van der Waals surface area contributed by atoms with Crippen LogP contribution in [-0.4, -0.2) is 18.2 Å². The van der Waals surface area contributed by atoms with Crippen LogP contribution in [-0.2, 0) is 9.53 Å². The summed E-state index contributed by atoms with van der Waals surface area (Å²) in [5.74, 6) is 0.719. The fraction of sp³-hybridized carbons (Fsp3) is 0.167. The Bertz CT molecular complexity index is 906. The normalized spacial score (nSPS) is 16.7. The van der Waals surface area contributed by atoms with E-state index in [2.05, 4.69) is 16.7 Å². The van der Waals surface area contributed by atoms with E-state index in [-0.39, 0.29) is 0 Å². The maximum atomic E-state index is 12.1. The highest BCUT2D eigenvalue weighted by molar-refractivity contribution is 7.80. The zero-order valence-corrected chi connectivity index (χ0v) is 14.4. The van der Waals surface area contributed by atoms with Crippen LogP contribution in [0.5, 0.6) is 0 Å². The Morgan fingerprint density at radius 2 is 2.00 bits per heavy atom. The number of nitrogens with one attached hydrogen (secondary N) is 2. The Morgan fingerprint density at radius 3 is 2.64 bits per heavy atom. The van der Waals surface area contributed by atoms with Gasteiger partial charge in [-0.3, -0.25) is 0 Å². The summed E-state index contributed by atoms with van der Waals surface area (Å²) in [5, 5.41) is 15.2. The Hall–Kier alpha value is -3.11. The van der Waals surface area contributed by atoms with E-state index in [1.165, 1.54) is 7.11 Å². The number of allylic oxidation sites excluding steroid dienone is 1. The quantitative estimate of drug-likeness (QED) is 0.648. The highest BCUT2D eigenvalue weighted by Crippen LogP contribution is 2.32. The second-order valence-corrected chi connectivity index (χ2v) is 5.86. The first kappa shape index (κ1) is 16.7. The van der Waals surface area contributed by atoms with Gasteiger partial charge in [-0.15, -0.1) is 0 Å². The minimum atomic E-state index is -0.534. The first-order valence-electron chi connectivity index (χ1n) is 7.50. The molecule has 0 radical (unpaired) electrons. The lowest BCUT2D eigenvalue weighted by Gasteiger charge is -2.27. The zero-order valence-electron chi connectivity index (χ0n) is 13.6. The number of carbonyl (C=O) groups is 1. The lowest BCUT2D eigenvalue weighted by Crippen LogP contribution is -2.44. The first-order valence-corrected chi connectivity index (χ1v) is 7.91. The van der Waals surface area contributed by atoms with Gasteiger partial charge in [0.15, 0.2) is 5.11 Å². The van der Waals surface area contributed by atoms with Crippen molar-refractivity contribution in [2.75, 3.05) is 7.11 Å². The van der Waals surface area contributed by atoms with Gasteiger partial charge in [0.05, 0.1) is 24.3 Å². The summed E-state index contributed by atoms with van der Waals surface area (Å²) in [7, 11) is 1.33. The van der Waals surface area contributed by atoms with Gasteiger partial charge in [0.2, 0.25) is 0 Å². The molecule has 3 rings (SSSR count). The first-order chi connectivity index (χ1) is 12.0. The zero-order chi connectivity index (χ0) is 18.0. The third-order valence-corrected chi connectivity index (χ3v) is 4.10.